The van der Waals surface area contributed by atoms with E-state index < -0.39 is 36.3 Å². The number of nitrogens with zero attached hydrogens (tertiary/aromatic N) is 2. The molecule has 1 aromatic carbocycles. The monoisotopic (exact) mass is 715 g/mol. The predicted molar refractivity (Wildman–Crippen MR) is 199 cm³/mol. The molecule has 0 bridgehead atoms. The van der Waals surface area contributed by atoms with Crippen molar-refractivity contribution >= 4 is 29.4 Å². The second-order valence-electron chi connectivity index (χ2n) is 14.8. The number of methoxy groups -OCH3 is 2. The Balaban J connectivity index is 2.26. The van der Waals surface area contributed by atoms with E-state index in [9.17, 15) is 24.0 Å². The number of nitrogens with one attached hydrogen (secondary N) is 3. The summed E-state index contributed by atoms with van der Waals surface area (Å²) in [7, 11) is 6.69. The van der Waals surface area contributed by atoms with Crippen LogP contribution in [0.4, 0.5) is 0 Å². The maximum atomic E-state index is 14.2. The molecule has 1 aliphatic heterocycles. The molecule has 0 saturated carbocycles. The second-order valence-corrected chi connectivity index (χ2v) is 14.8. The predicted octanol–water partition coefficient (Wildman–Crippen LogP) is 3.68. The van der Waals surface area contributed by atoms with E-state index in [1.54, 1.807) is 64.3 Å². The third-order valence-electron chi connectivity index (χ3n) is 10.6. The zero-order chi connectivity index (χ0) is 38.6. The molecule has 0 radical (unpaired) electrons. The molecular weight excluding hydrogens is 650 g/mol. The van der Waals surface area contributed by atoms with Gasteiger partial charge in [0.15, 0.2) is 5.78 Å². The molecule has 12 nitrogen and oxygen atoms in total. The summed E-state index contributed by atoms with van der Waals surface area (Å²) in [6, 6.07) is 6.27. The van der Waals surface area contributed by atoms with E-state index in [1.807, 2.05) is 45.7 Å². The number of ether oxygens (including phenoxy) is 2. The van der Waals surface area contributed by atoms with Crippen molar-refractivity contribution in [1.82, 2.24) is 25.8 Å². The molecule has 0 unspecified atom stereocenters. The molecule has 9 atom stereocenters. The van der Waals surface area contributed by atoms with E-state index in [4.69, 9.17) is 9.47 Å². The quantitative estimate of drug-likeness (QED) is 0.172. The van der Waals surface area contributed by atoms with Gasteiger partial charge in [-0.25, -0.2) is 0 Å². The number of carbonyl (C=O) groups is 5. The van der Waals surface area contributed by atoms with Crippen molar-refractivity contribution < 1.29 is 33.4 Å². The van der Waals surface area contributed by atoms with Crippen LogP contribution in [0, 0.1) is 23.7 Å². The molecular formula is C39H65N5O7. The molecule has 1 saturated heterocycles. The standard InChI is InChI=1S/C39H65N5O7/c1-13-25(6)34(43(10)33(24(4)5)39(49)42-38(48)32(40-9)23(2)3)30(50-11)22-31(45)44-21-17-20-29(44)36(51-12)26(7)37(47)41-27(8)35(46)28-18-15-14-16-19-28/h14-16,18-19,23-27,29-30,32-34,36,40H,13,17,20-22H2,1-12H3,(H,41,47)(H,42,48,49)/t25-,26+,27+,29-,30+,32-,33-,34-,36+/m0/s1. The first kappa shape index (κ1) is 44.0. The molecule has 1 heterocycles. The molecule has 3 N–H and O–H groups in total. The number of carbonyl (C=O) groups excluding carboxylic acids is 5. The van der Waals surface area contributed by atoms with Crippen LogP contribution in [0.3, 0.4) is 0 Å². The van der Waals surface area contributed by atoms with Crippen LogP contribution in [0.5, 0.6) is 0 Å². The van der Waals surface area contributed by atoms with E-state index in [1.165, 1.54) is 0 Å². The number of rotatable bonds is 20. The van der Waals surface area contributed by atoms with Crippen molar-refractivity contribution in [3.63, 3.8) is 0 Å². The molecule has 12 heteroatoms. The van der Waals surface area contributed by atoms with Crippen LogP contribution in [0.1, 0.15) is 91.4 Å². The molecule has 288 valence electrons. The van der Waals surface area contributed by atoms with Gasteiger partial charge in [-0.15, -0.1) is 0 Å². The van der Waals surface area contributed by atoms with Gasteiger partial charge in [0.1, 0.15) is 0 Å². The van der Waals surface area contributed by atoms with Crippen molar-refractivity contribution in [2.24, 2.45) is 23.7 Å². The van der Waals surface area contributed by atoms with E-state index in [2.05, 4.69) is 29.8 Å². The summed E-state index contributed by atoms with van der Waals surface area (Å²) >= 11 is 0. The number of amides is 4. The number of likely N-dealkylation sites (tertiary alicyclic amines) is 1. The van der Waals surface area contributed by atoms with E-state index in [0.717, 1.165) is 12.8 Å². The Morgan fingerprint density at radius 1 is 0.902 bits per heavy atom. The van der Waals surface area contributed by atoms with Gasteiger partial charge in [0.25, 0.3) is 0 Å². The van der Waals surface area contributed by atoms with Crippen LogP contribution in [0.2, 0.25) is 0 Å². The summed E-state index contributed by atoms with van der Waals surface area (Å²) in [5, 5.41) is 8.48. The number of imide groups is 1. The maximum Gasteiger partial charge on any atom is 0.244 e. The van der Waals surface area contributed by atoms with Crippen molar-refractivity contribution in [2.45, 2.75) is 123 Å². The lowest BCUT2D eigenvalue weighted by Gasteiger charge is -2.43. The number of ketones is 1. The topological polar surface area (TPSA) is 146 Å². The Labute approximate surface area is 306 Å². The number of Topliss-reactive ketones (excluding diaryl/α,β-unsaturated/α-hetero) is 1. The summed E-state index contributed by atoms with van der Waals surface area (Å²) < 4.78 is 11.9. The van der Waals surface area contributed by atoms with Crippen LogP contribution in [0.15, 0.2) is 30.3 Å². The summed E-state index contributed by atoms with van der Waals surface area (Å²) in [5.41, 5.74) is 0.519. The van der Waals surface area contributed by atoms with Gasteiger partial charge < -0.3 is 25.0 Å². The third-order valence-corrected chi connectivity index (χ3v) is 10.6. The summed E-state index contributed by atoms with van der Waals surface area (Å²) in [5.74, 6) is -2.13. The summed E-state index contributed by atoms with van der Waals surface area (Å²) in [4.78, 5) is 71.0. The van der Waals surface area contributed by atoms with Crippen molar-refractivity contribution in [2.75, 3.05) is 34.9 Å². The van der Waals surface area contributed by atoms with E-state index in [0.29, 0.717) is 18.5 Å². The fraction of sp³-hybridized carbons (Fsp3) is 0.718. The average molecular weight is 716 g/mol. The molecule has 1 aromatic rings. The molecule has 51 heavy (non-hydrogen) atoms. The highest BCUT2D eigenvalue weighted by Crippen LogP contribution is 2.30. The van der Waals surface area contributed by atoms with E-state index >= 15 is 0 Å². The maximum absolute atomic E-state index is 14.2. The number of hydrogen-bond acceptors (Lipinski definition) is 9. The van der Waals surface area contributed by atoms with Gasteiger partial charge in [0.05, 0.1) is 48.7 Å². The minimum absolute atomic E-state index is 0.00772. The number of hydrogen-bond donors (Lipinski definition) is 3. The zero-order valence-electron chi connectivity index (χ0n) is 33.0. The van der Waals surface area contributed by atoms with Crippen LogP contribution < -0.4 is 16.0 Å². The Bertz CT molecular complexity index is 1290. The van der Waals surface area contributed by atoms with Gasteiger partial charge in [-0.2, -0.15) is 0 Å². The van der Waals surface area contributed by atoms with Gasteiger partial charge in [-0.3, -0.25) is 34.2 Å². The smallest absolute Gasteiger partial charge is 0.244 e. The fourth-order valence-electron chi connectivity index (χ4n) is 7.64. The highest BCUT2D eigenvalue weighted by atomic mass is 16.5. The van der Waals surface area contributed by atoms with Crippen LogP contribution in [0.25, 0.3) is 0 Å². The first-order valence-electron chi connectivity index (χ1n) is 18.5. The highest BCUT2D eigenvalue weighted by molar-refractivity contribution is 6.02. The number of benzene rings is 1. The Morgan fingerprint density at radius 2 is 1.53 bits per heavy atom. The minimum Gasteiger partial charge on any atom is -0.379 e. The molecule has 0 spiro atoms. The molecule has 1 fully saturated rings. The lowest BCUT2D eigenvalue weighted by Crippen LogP contribution is -2.60. The minimum atomic E-state index is -0.729. The molecule has 1 aliphatic rings. The SMILES string of the molecule is CC[C@H](C)[C@@H]([C@@H](CC(=O)N1CCC[C@H]1[C@H](OC)[C@@H](C)C(=O)N[C@H](C)C(=O)c1ccccc1)OC)N(C)[C@H](C(=O)NC(=O)[C@@H](NC)C(C)C)C(C)C. The first-order valence-corrected chi connectivity index (χ1v) is 18.5. The molecule has 2 rings (SSSR count). The molecule has 4 amide bonds. The first-order chi connectivity index (χ1) is 24.0. The van der Waals surface area contributed by atoms with Crippen molar-refractivity contribution in [1.29, 1.82) is 0 Å². The molecule has 0 aromatic heterocycles. The lowest BCUT2D eigenvalue weighted by atomic mass is 9.87. The summed E-state index contributed by atoms with van der Waals surface area (Å²) in [6.07, 6.45) is 1.11. The van der Waals surface area contributed by atoms with Gasteiger partial charge in [0.2, 0.25) is 23.6 Å². The highest BCUT2D eigenvalue weighted by Gasteiger charge is 2.43. The van der Waals surface area contributed by atoms with Crippen LogP contribution >= 0.6 is 0 Å². The van der Waals surface area contributed by atoms with Crippen LogP contribution in [-0.4, -0.2) is 116 Å². The van der Waals surface area contributed by atoms with Gasteiger partial charge >= 0.3 is 0 Å². The van der Waals surface area contributed by atoms with Crippen molar-refractivity contribution in [3.05, 3.63) is 35.9 Å². The second kappa shape index (κ2) is 20.7. The Hall–Kier alpha value is -3.19. The largest absolute Gasteiger partial charge is 0.379 e. The Kier molecular flexibility index (Phi) is 17.9. The normalized spacial score (nSPS) is 19.6. The number of likely N-dealkylation sites (N-methyl/N-ethyl adjacent to an activating group) is 2. The lowest BCUT2D eigenvalue weighted by molar-refractivity contribution is -0.144. The van der Waals surface area contributed by atoms with E-state index in [-0.39, 0.29) is 65.7 Å². The average Bonchev–Trinajstić information content (AvgIpc) is 3.57. The summed E-state index contributed by atoms with van der Waals surface area (Å²) in [6.45, 7) is 15.8. The third kappa shape index (κ3) is 11.4. The zero-order valence-corrected chi connectivity index (χ0v) is 33.0. The van der Waals surface area contributed by atoms with Gasteiger partial charge in [-0.05, 0) is 51.6 Å². The van der Waals surface area contributed by atoms with Crippen molar-refractivity contribution in [3.8, 4) is 0 Å². The molecule has 0 aliphatic carbocycles. The van der Waals surface area contributed by atoms with Crippen LogP contribution in [-0.2, 0) is 28.7 Å². The Morgan fingerprint density at radius 3 is 2.04 bits per heavy atom. The fourth-order valence-corrected chi connectivity index (χ4v) is 7.64. The van der Waals surface area contributed by atoms with Gasteiger partial charge in [0, 0.05) is 32.4 Å². The van der Waals surface area contributed by atoms with Gasteiger partial charge in [-0.1, -0.05) is 85.2 Å².